The SMILES string of the molecule is CO[Si](OC)OCS. The minimum absolute atomic E-state index is 0.343. The summed E-state index contributed by atoms with van der Waals surface area (Å²) in [4.78, 5) is 0. The molecule has 49 valence electrons. The highest BCUT2D eigenvalue weighted by Gasteiger charge is 2.12. The second-order valence-electron chi connectivity index (χ2n) is 0.932. The maximum atomic E-state index is 4.86. The van der Waals surface area contributed by atoms with Crippen molar-refractivity contribution in [2.75, 3.05) is 20.2 Å². The zero-order valence-electron chi connectivity index (χ0n) is 4.88. The van der Waals surface area contributed by atoms with Gasteiger partial charge in [0.25, 0.3) is 0 Å². The molecule has 5 heteroatoms. The van der Waals surface area contributed by atoms with Crippen molar-refractivity contribution in [2.45, 2.75) is 0 Å². The van der Waals surface area contributed by atoms with Crippen LogP contribution in [0.15, 0.2) is 0 Å². The fourth-order valence-corrected chi connectivity index (χ4v) is 1.08. The van der Waals surface area contributed by atoms with Gasteiger partial charge in [-0.2, -0.15) is 12.6 Å². The Kier molecular flexibility index (Phi) is 5.89. The summed E-state index contributed by atoms with van der Waals surface area (Å²) >= 11 is 3.81. The van der Waals surface area contributed by atoms with Crippen molar-refractivity contribution in [2.24, 2.45) is 0 Å². The molecule has 0 aliphatic rings. The summed E-state index contributed by atoms with van der Waals surface area (Å²) in [6, 6.07) is 0. The van der Waals surface area contributed by atoms with Gasteiger partial charge < -0.3 is 13.3 Å². The molecule has 0 bridgehead atoms. The van der Waals surface area contributed by atoms with Crippen LogP contribution in [0.1, 0.15) is 0 Å². The maximum Gasteiger partial charge on any atom is 0.577 e. The first-order chi connectivity index (χ1) is 3.85. The van der Waals surface area contributed by atoms with E-state index in [-0.39, 0.29) is 0 Å². The van der Waals surface area contributed by atoms with Crippen LogP contribution >= 0.6 is 12.6 Å². The normalized spacial score (nSPS) is 10.5. The molecule has 3 nitrogen and oxygen atoms in total. The Bertz CT molecular complexity index is 49.8. The third-order valence-electron chi connectivity index (χ3n) is 0.516. The van der Waals surface area contributed by atoms with Crippen LogP contribution < -0.4 is 0 Å². The Morgan fingerprint density at radius 1 is 1.38 bits per heavy atom. The highest BCUT2D eigenvalue weighted by Crippen LogP contribution is 1.87. The van der Waals surface area contributed by atoms with Crippen LogP contribution in [-0.2, 0) is 13.3 Å². The number of thiol groups is 1. The van der Waals surface area contributed by atoms with Crippen molar-refractivity contribution in [1.82, 2.24) is 0 Å². The van der Waals surface area contributed by atoms with E-state index in [2.05, 4.69) is 12.6 Å². The topological polar surface area (TPSA) is 27.7 Å². The summed E-state index contributed by atoms with van der Waals surface area (Å²) in [5.41, 5.74) is 0. The summed E-state index contributed by atoms with van der Waals surface area (Å²) in [6.07, 6.45) is 0. The van der Waals surface area contributed by atoms with Crippen LogP contribution in [0, 0.1) is 0 Å². The Morgan fingerprint density at radius 2 is 1.88 bits per heavy atom. The third kappa shape index (κ3) is 3.45. The smallest absolute Gasteiger partial charge is 0.375 e. The molecular weight excluding hydrogens is 144 g/mol. The summed E-state index contributed by atoms with van der Waals surface area (Å²) in [7, 11) is 1.64. The van der Waals surface area contributed by atoms with Crippen LogP contribution in [0.4, 0.5) is 0 Å². The lowest BCUT2D eigenvalue weighted by Crippen LogP contribution is -2.22. The summed E-state index contributed by atoms with van der Waals surface area (Å²) in [5, 5.41) is 0. The van der Waals surface area contributed by atoms with E-state index in [1.807, 2.05) is 0 Å². The minimum Gasteiger partial charge on any atom is -0.375 e. The molecule has 0 saturated heterocycles. The Hall–Kier alpha value is 0.447. The molecule has 0 aliphatic carbocycles. The highest BCUT2D eigenvalue weighted by atomic mass is 32.1. The fourth-order valence-electron chi connectivity index (χ4n) is 0.254. The fraction of sp³-hybridized carbons (Fsp3) is 1.00. The van der Waals surface area contributed by atoms with Gasteiger partial charge in [-0.05, 0) is 0 Å². The van der Waals surface area contributed by atoms with E-state index in [9.17, 15) is 0 Å². The average molecular weight is 153 g/mol. The van der Waals surface area contributed by atoms with E-state index < -0.39 is 9.53 Å². The van der Waals surface area contributed by atoms with Crippen molar-refractivity contribution in [3.8, 4) is 0 Å². The van der Waals surface area contributed by atoms with Crippen LogP contribution in [0.25, 0.3) is 0 Å². The van der Waals surface area contributed by atoms with Crippen molar-refractivity contribution in [1.29, 1.82) is 0 Å². The molecule has 0 aliphatic heterocycles. The standard InChI is InChI=1S/C3H9O3SSi/c1-4-8(5-2)6-3-7/h7H,3H2,1-2H3. The number of hydrogen-bond acceptors (Lipinski definition) is 4. The van der Waals surface area contributed by atoms with Gasteiger partial charge in [-0.1, -0.05) is 0 Å². The second-order valence-corrected chi connectivity index (χ2v) is 2.80. The summed E-state index contributed by atoms with van der Waals surface area (Å²) in [6.45, 7) is 0. The zero-order chi connectivity index (χ0) is 6.41. The van der Waals surface area contributed by atoms with E-state index >= 15 is 0 Å². The van der Waals surface area contributed by atoms with Gasteiger partial charge in [-0.25, -0.2) is 0 Å². The van der Waals surface area contributed by atoms with Crippen LogP contribution in [-0.4, -0.2) is 29.7 Å². The van der Waals surface area contributed by atoms with Crippen LogP contribution in [0.2, 0.25) is 0 Å². The third-order valence-corrected chi connectivity index (χ3v) is 1.93. The Labute approximate surface area is 56.3 Å². The summed E-state index contributed by atoms with van der Waals surface area (Å²) in [5.74, 6) is 0.343. The first-order valence-electron chi connectivity index (χ1n) is 2.03. The lowest BCUT2D eigenvalue weighted by molar-refractivity contribution is 0.158. The monoisotopic (exact) mass is 153 g/mol. The van der Waals surface area contributed by atoms with E-state index in [0.717, 1.165) is 0 Å². The molecule has 0 amide bonds. The summed E-state index contributed by atoms with van der Waals surface area (Å²) < 4.78 is 14.4. The first kappa shape index (κ1) is 8.45. The quantitative estimate of drug-likeness (QED) is 0.354. The predicted octanol–water partition coefficient (Wildman–Crippen LogP) is 0.168. The van der Waals surface area contributed by atoms with Crippen molar-refractivity contribution in [3.63, 3.8) is 0 Å². The van der Waals surface area contributed by atoms with Crippen molar-refractivity contribution in [3.05, 3.63) is 0 Å². The van der Waals surface area contributed by atoms with Gasteiger partial charge in [-0.3, -0.25) is 0 Å². The molecule has 0 spiro atoms. The zero-order valence-corrected chi connectivity index (χ0v) is 6.77. The first-order valence-corrected chi connectivity index (χ1v) is 3.89. The molecule has 0 unspecified atom stereocenters. The van der Waals surface area contributed by atoms with Crippen LogP contribution in [0.5, 0.6) is 0 Å². The van der Waals surface area contributed by atoms with E-state index in [4.69, 9.17) is 13.3 Å². The minimum atomic E-state index is -1.45. The number of hydrogen-bond donors (Lipinski definition) is 1. The van der Waals surface area contributed by atoms with Gasteiger partial charge in [0.1, 0.15) is 0 Å². The molecule has 0 fully saturated rings. The molecular formula is C3H9O3SSi. The Balaban J connectivity index is 3.07. The second kappa shape index (κ2) is 5.58. The molecule has 8 heavy (non-hydrogen) atoms. The molecule has 0 aromatic carbocycles. The van der Waals surface area contributed by atoms with E-state index in [1.54, 1.807) is 14.2 Å². The van der Waals surface area contributed by atoms with Crippen molar-refractivity contribution >= 4 is 22.2 Å². The van der Waals surface area contributed by atoms with Gasteiger partial charge in [-0.15, -0.1) is 0 Å². The van der Waals surface area contributed by atoms with E-state index in [0.29, 0.717) is 5.94 Å². The number of rotatable bonds is 4. The molecule has 0 atom stereocenters. The highest BCUT2D eigenvalue weighted by molar-refractivity contribution is 7.80. The lowest BCUT2D eigenvalue weighted by atomic mass is 11.7. The molecule has 0 heterocycles. The maximum absolute atomic E-state index is 4.86. The largest absolute Gasteiger partial charge is 0.577 e. The molecule has 1 radical (unpaired) electrons. The molecule has 0 N–H and O–H groups in total. The van der Waals surface area contributed by atoms with Gasteiger partial charge in [0.05, 0.1) is 5.94 Å². The molecule has 0 saturated carbocycles. The molecule has 0 rings (SSSR count). The lowest BCUT2D eigenvalue weighted by Gasteiger charge is -2.05. The molecule has 0 aromatic heterocycles. The van der Waals surface area contributed by atoms with Gasteiger partial charge >= 0.3 is 9.53 Å². The van der Waals surface area contributed by atoms with Crippen molar-refractivity contribution < 1.29 is 13.3 Å². The average Bonchev–Trinajstić information content (AvgIpc) is 1.83. The van der Waals surface area contributed by atoms with Crippen LogP contribution in [0.3, 0.4) is 0 Å². The predicted molar refractivity (Wildman–Crippen MR) is 34.7 cm³/mol. The van der Waals surface area contributed by atoms with Gasteiger partial charge in [0, 0.05) is 14.2 Å². The Morgan fingerprint density at radius 3 is 2.00 bits per heavy atom. The van der Waals surface area contributed by atoms with Gasteiger partial charge in [0.15, 0.2) is 0 Å². The van der Waals surface area contributed by atoms with Gasteiger partial charge in [0.2, 0.25) is 0 Å². The van der Waals surface area contributed by atoms with E-state index in [1.165, 1.54) is 0 Å². The molecule has 0 aromatic rings.